The molecule has 1 aliphatic carbocycles. The van der Waals surface area contributed by atoms with Gasteiger partial charge in [0.15, 0.2) is 11.5 Å². The molecule has 0 saturated heterocycles. The number of nitrogens with zero attached hydrogens (tertiary/aromatic N) is 1. The second-order valence-corrected chi connectivity index (χ2v) is 8.94. The van der Waals surface area contributed by atoms with Gasteiger partial charge in [0.1, 0.15) is 6.10 Å². The van der Waals surface area contributed by atoms with Crippen LogP contribution in [0.3, 0.4) is 0 Å². The van der Waals surface area contributed by atoms with Gasteiger partial charge in [-0.05, 0) is 35.7 Å². The van der Waals surface area contributed by atoms with E-state index in [1.54, 1.807) is 7.11 Å². The van der Waals surface area contributed by atoms with Crippen LogP contribution in [0.25, 0.3) is 0 Å². The molecule has 0 amide bonds. The van der Waals surface area contributed by atoms with E-state index in [4.69, 9.17) is 9.47 Å². The van der Waals surface area contributed by atoms with Crippen molar-refractivity contribution in [2.24, 2.45) is 0 Å². The van der Waals surface area contributed by atoms with Gasteiger partial charge in [0.25, 0.3) is 0 Å². The van der Waals surface area contributed by atoms with Crippen molar-refractivity contribution < 1.29 is 14.6 Å². The zero-order valence-electron chi connectivity index (χ0n) is 15.9. The van der Waals surface area contributed by atoms with E-state index in [0.29, 0.717) is 6.42 Å². The first kappa shape index (κ1) is 18.2. The highest BCUT2D eigenvalue weighted by molar-refractivity contribution is 9.10. The Balaban J connectivity index is 1.54. The number of aliphatic hydroxyl groups is 1. The lowest BCUT2D eigenvalue weighted by atomic mass is 9.69. The molecular formula is C23H24BrNO3. The van der Waals surface area contributed by atoms with Gasteiger partial charge in [-0.3, -0.25) is 4.90 Å². The molecule has 0 saturated carbocycles. The highest BCUT2D eigenvalue weighted by Gasteiger charge is 2.52. The van der Waals surface area contributed by atoms with E-state index in [9.17, 15) is 5.11 Å². The predicted molar refractivity (Wildman–Crippen MR) is 112 cm³/mol. The van der Waals surface area contributed by atoms with E-state index < -0.39 is 6.10 Å². The Bertz CT molecular complexity index is 926. The first-order chi connectivity index (χ1) is 13.6. The quantitative estimate of drug-likeness (QED) is 0.725. The monoisotopic (exact) mass is 441 g/mol. The lowest BCUT2D eigenvalue weighted by molar-refractivity contribution is 0.0806. The standard InChI is InChI=1S/C23H24BrNO3/c1-27-19-7-4-16-14-25(13-15-2-5-17(24)6-3-15)11-10-23-9-8-18(26)12-20(23)28-22(19)21(16)23/h2-9,18,20,26H,10-14H2,1H3/t18?,20-,23-/m0/s1. The smallest absolute Gasteiger partial charge is 0.166 e. The molecule has 5 heteroatoms. The van der Waals surface area contributed by atoms with E-state index in [1.807, 2.05) is 12.1 Å². The fraction of sp³-hybridized carbons (Fsp3) is 0.391. The lowest BCUT2D eigenvalue weighted by Crippen LogP contribution is -2.43. The molecule has 0 bridgehead atoms. The summed E-state index contributed by atoms with van der Waals surface area (Å²) in [6.07, 6.45) is 5.27. The molecule has 28 heavy (non-hydrogen) atoms. The first-order valence-corrected chi connectivity index (χ1v) is 10.6. The summed E-state index contributed by atoms with van der Waals surface area (Å²) in [4.78, 5) is 2.51. The van der Waals surface area contributed by atoms with Crippen molar-refractivity contribution in [2.75, 3.05) is 13.7 Å². The van der Waals surface area contributed by atoms with Gasteiger partial charge < -0.3 is 14.6 Å². The second kappa shape index (κ2) is 6.90. The molecule has 3 atom stereocenters. The second-order valence-electron chi connectivity index (χ2n) is 8.03. The van der Waals surface area contributed by atoms with Crippen molar-refractivity contribution in [1.82, 2.24) is 4.90 Å². The van der Waals surface area contributed by atoms with Crippen molar-refractivity contribution in [3.8, 4) is 11.5 Å². The third-order valence-corrected chi connectivity index (χ3v) is 6.88. The van der Waals surface area contributed by atoms with Gasteiger partial charge in [-0.1, -0.05) is 46.3 Å². The average Bonchev–Trinajstić information content (AvgIpc) is 2.94. The van der Waals surface area contributed by atoms with Crippen molar-refractivity contribution in [1.29, 1.82) is 0 Å². The molecule has 2 aromatic rings. The summed E-state index contributed by atoms with van der Waals surface area (Å²) < 4.78 is 13.1. The van der Waals surface area contributed by atoms with Crippen LogP contribution in [0, 0.1) is 0 Å². The summed E-state index contributed by atoms with van der Waals surface area (Å²) >= 11 is 3.52. The summed E-state index contributed by atoms with van der Waals surface area (Å²) in [5.41, 5.74) is 3.70. The fourth-order valence-corrected chi connectivity index (χ4v) is 5.24. The third kappa shape index (κ3) is 2.88. The van der Waals surface area contributed by atoms with Crippen LogP contribution >= 0.6 is 15.9 Å². The van der Waals surface area contributed by atoms with Gasteiger partial charge in [-0.15, -0.1) is 0 Å². The van der Waals surface area contributed by atoms with Gasteiger partial charge >= 0.3 is 0 Å². The molecule has 5 rings (SSSR count). The molecule has 1 N–H and O–H groups in total. The van der Waals surface area contributed by atoms with Crippen LogP contribution in [0.15, 0.2) is 53.0 Å². The van der Waals surface area contributed by atoms with Crippen molar-refractivity contribution >= 4 is 15.9 Å². The Kier molecular flexibility index (Phi) is 4.49. The van der Waals surface area contributed by atoms with Crippen LogP contribution < -0.4 is 9.47 Å². The lowest BCUT2D eigenvalue weighted by Gasteiger charge is -2.35. The number of ether oxygens (including phenoxy) is 2. The molecule has 2 aromatic carbocycles. The normalized spacial score (nSPS) is 28.2. The number of methoxy groups -OCH3 is 1. The Morgan fingerprint density at radius 2 is 2.07 bits per heavy atom. The summed E-state index contributed by atoms with van der Waals surface area (Å²) in [6, 6.07) is 12.8. The maximum absolute atomic E-state index is 10.2. The van der Waals surface area contributed by atoms with Gasteiger partial charge in [0.2, 0.25) is 0 Å². The van der Waals surface area contributed by atoms with Crippen LogP contribution in [0.5, 0.6) is 11.5 Å². The van der Waals surface area contributed by atoms with Crippen LogP contribution in [-0.4, -0.2) is 35.9 Å². The molecule has 4 nitrogen and oxygen atoms in total. The van der Waals surface area contributed by atoms with E-state index in [0.717, 1.165) is 42.0 Å². The third-order valence-electron chi connectivity index (χ3n) is 6.35. The minimum atomic E-state index is -0.443. The number of benzene rings is 2. The molecule has 3 aliphatic rings. The Labute approximate surface area is 173 Å². The van der Waals surface area contributed by atoms with E-state index in [2.05, 4.69) is 57.2 Å². The highest BCUT2D eigenvalue weighted by Crippen LogP contribution is 2.55. The minimum absolute atomic E-state index is 0.0369. The number of hydrogen-bond donors (Lipinski definition) is 1. The van der Waals surface area contributed by atoms with Crippen molar-refractivity contribution in [3.63, 3.8) is 0 Å². The predicted octanol–water partition coefficient (Wildman–Crippen LogP) is 4.18. The van der Waals surface area contributed by atoms with E-state index in [1.165, 1.54) is 16.7 Å². The van der Waals surface area contributed by atoms with E-state index >= 15 is 0 Å². The van der Waals surface area contributed by atoms with Gasteiger partial charge in [-0.25, -0.2) is 0 Å². The maximum Gasteiger partial charge on any atom is 0.166 e. The minimum Gasteiger partial charge on any atom is -0.493 e. The van der Waals surface area contributed by atoms with Gasteiger partial charge in [-0.2, -0.15) is 0 Å². The summed E-state index contributed by atoms with van der Waals surface area (Å²) in [7, 11) is 1.69. The molecule has 1 spiro atoms. The number of rotatable bonds is 3. The number of aliphatic hydroxyl groups excluding tert-OH is 1. The average molecular weight is 442 g/mol. The zero-order chi connectivity index (χ0) is 19.3. The largest absolute Gasteiger partial charge is 0.493 e. The Hall–Kier alpha value is -1.82. The molecule has 146 valence electrons. The van der Waals surface area contributed by atoms with E-state index in [-0.39, 0.29) is 11.5 Å². The molecule has 0 aromatic heterocycles. The van der Waals surface area contributed by atoms with Crippen molar-refractivity contribution in [2.45, 2.75) is 43.6 Å². The molecule has 2 aliphatic heterocycles. The zero-order valence-corrected chi connectivity index (χ0v) is 17.5. The first-order valence-electron chi connectivity index (χ1n) is 9.80. The van der Waals surface area contributed by atoms with Crippen LogP contribution in [-0.2, 0) is 18.5 Å². The Morgan fingerprint density at radius 1 is 1.25 bits per heavy atom. The number of halogens is 1. The SMILES string of the molecule is COc1ccc2c3c1O[C@H]1CC(O)C=C[C@@]31CCN(Cc1ccc(Br)cc1)C2. The van der Waals surface area contributed by atoms with Crippen LogP contribution in [0.4, 0.5) is 0 Å². The maximum atomic E-state index is 10.2. The number of hydrogen-bond acceptors (Lipinski definition) is 4. The molecule has 1 unspecified atom stereocenters. The highest BCUT2D eigenvalue weighted by atomic mass is 79.9. The Morgan fingerprint density at radius 3 is 2.86 bits per heavy atom. The summed E-state index contributed by atoms with van der Waals surface area (Å²) in [5, 5.41) is 10.2. The summed E-state index contributed by atoms with van der Waals surface area (Å²) in [6.45, 7) is 2.78. The van der Waals surface area contributed by atoms with Crippen molar-refractivity contribution in [3.05, 3.63) is 69.7 Å². The molecule has 0 fully saturated rings. The van der Waals surface area contributed by atoms with Gasteiger partial charge in [0.05, 0.1) is 18.6 Å². The summed E-state index contributed by atoms with van der Waals surface area (Å²) in [5.74, 6) is 1.66. The fourth-order valence-electron chi connectivity index (χ4n) is 4.98. The topological polar surface area (TPSA) is 41.9 Å². The van der Waals surface area contributed by atoms with Gasteiger partial charge in [0, 0.05) is 36.1 Å². The van der Waals surface area contributed by atoms with Crippen LogP contribution in [0.1, 0.15) is 29.5 Å². The molecule has 0 radical (unpaired) electrons. The molecule has 2 heterocycles. The molecular weight excluding hydrogens is 418 g/mol. The van der Waals surface area contributed by atoms with Crippen LogP contribution in [0.2, 0.25) is 0 Å².